The highest BCUT2D eigenvalue weighted by atomic mass is 28.4. The molecule has 1 aliphatic rings. The van der Waals surface area contributed by atoms with Gasteiger partial charge in [-0.1, -0.05) is 52.8 Å². The zero-order valence-corrected chi connectivity index (χ0v) is 30.5. The number of hydrazine groups is 1. The summed E-state index contributed by atoms with van der Waals surface area (Å²) in [4.78, 5) is 53.0. The van der Waals surface area contributed by atoms with Crippen LogP contribution in [0.3, 0.4) is 0 Å². The Hall–Kier alpha value is -3.38. The van der Waals surface area contributed by atoms with Crippen molar-refractivity contribution >= 4 is 32.2 Å². The van der Waals surface area contributed by atoms with Crippen LogP contribution in [0.5, 0.6) is 5.75 Å². The van der Waals surface area contributed by atoms with Crippen molar-refractivity contribution in [1.82, 2.24) is 21.1 Å². The molecule has 0 aliphatic carbocycles. The number of hydrogen-bond acceptors (Lipinski definition) is 8. The van der Waals surface area contributed by atoms with Crippen molar-refractivity contribution in [1.29, 1.82) is 0 Å². The number of nitrogens with zero attached hydrogens (tertiary/aromatic N) is 1. The van der Waals surface area contributed by atoms with Gasteiger partial charge in [0.05, 0.1) is 6.61 Å². The Balaban J connectivity index is 2.35. The molecule has 2 rings (SSSR count). The summed E-state index contributed by atoms with van der Waals surface area (Å²) >= 11 is 0. The van der Waals surface area contributed by atoms with Gasteiger partial charge in [-0.3, -0.25) is 19.4 Å². The molecule has 0 aromatic heterocycles. The first-order chi connectivity index (χ1) is 21.2. The largest absolute Gasteiger partial charge is 0.543 e. The van der Waals surface area contributed by atoms with Gasteiger partial charge in [0.25, 0.3) is 5.91 Å². The summed E-state index contributed by atoms with van der Waals surface area (Å²) in [7, 11) is -2.13. The summed E-state index contributed by atoms with van der Waals surface area (Å²) in [6.45, 7) is 23.8. The Morgan fingerprint density at radius 3 is 2.37 bits per heavy atom. The fourth-order valence-corrected chi connectivity index (χ4v) is 5.52. The summed E-state index contributed by atoms with van der Waals surface area (Å²) < 4.78 is 17.2. The van der Waals surface area contributed by atoms with Gasteiger partial charge in [0.1, 0.15) is 29.5 Å². The fourth-order valence-electron chi connectivity index (χ4n) is 4.50. The van der Waals surface area contributed by atoms with Gasteiger partial charge in [0.2, 0.25) is 14.2 Å². The number of hydrogen-bond donors (Lipinski definition) is 3. The highest BCUT2D eigenvalue weighted by Crippen LogP contribution is 2.37. The average Bonchev–Trinajstić information content (AvgIpc) is 2.93. The van der Waals surface area contributed by atoms with E-state index in [-0.39, 0.29) is 24.0 Å². The van der Waals surface area contributed by atoms with Crippen molar-refractivity contribution in [3.05, 3.63) is 42.5 Å². The predicted octanol–water partition coefficient (Wildman–Crippen LogP) is 5.26. The highest BCUT2D eigenvalue weighted by molar-refractivity contribution is 6.74. The minimum absolute atomic E-state index is 0.00815. The standard InChI is InChI=1S/C34H56N4O7Si/c1-12-13-20-43-31(41)26-18-15-19-38(37-26)30(40)27(35-29(39)28(23(2)3)36-32(42)44-33(4,5)6)22-24-16-14-17-25(21-24)45-46(10,11)34(7,8)9/h12,14,16-17,21,23,26-28,37H,1,13,15,18-20,22H2,2-11H3,(H,35,39)(H,36,42). The Morgan fingerprint density at radius 2 is 1.78 bits per heavy atom. The Morgan fingerprint density at radius 1 is 1.11 bits per heavy atom. The third kappa shape index (κ3) is 12.1. The molecule has 0 bridgehead atoms. The van der Waals surface area contributed by atoms with Gasteiger partial charge in [0.15, 0.2) is 0 Å². The first-order valence-corrected chi connectivity index (χ1v) is 19.1. The molecule has 1 aliphatic heterocycles. The summed E-state index contributed by atoms with van der Waals surface area (Å²) in [6.07, 6.45) is 2.71. The van der Waals surface area contributed by atoms with Gasteiger partial charge in [-0.15, -0.1) is 6.58 Å². The molecule has 3 unspecified atom stereocenters. The lowest BCUT2D eigenvalue weighted by Gasteiger charge is -2.36. The maximum Gasteiger partial charge on any atom is 0.408 e. The number of esters is 1. The van der Waals surface area contributed by atoms with Crippen LogP contribution in [0.25, 0.3) is 0 Å². The van der Waals surface area contributed by atoms with Crippen LogP contribution in [-0.4, -0.2) is 74.1 Å². The zero-order valence-electron chi connectivity index (χ0n) is 29.5. The second kappa shape index (κ2) is 16.4. The molecule has 1 fully saturated rings. The van der Waals surface area contributed by atoms with Crippen LogP contribution < -0.4 is 20.5 Å². The SMILES string of the molecule is C=CCCOC(=O)C1CCCN(C(=O)C(Cc2cccc(O[Si](C)(C)C(C)(C)C)c2)NC(=O)C(NC(=O)OC(C)(C)C)C(C)C)N1. The van der Waals surface area contributed by atoms with Crippen LogP contribution in [0.2, 0.25) is 18.1 Å². The van der Waals surface area contributed by atoms with Gasteiger partial charge in [-0.05, 0) is 81.8 Å². The lowest BCUT2D eigenvalue weighted by Crippen LogP contribution is -2.62. The molecule has 0 radical (unpaired) electrons. The van der Waals surface area contributed by atoms with Gasteiger partial charge in [0, 0.05) is 13.0 Å². The first kappa shape index (κ1) is 38.8. The molecule has 3 atom stereocenters. The van der Waals surface area contributed by atoms with E-state index in [9.17, 15) is 19.2 Å². The van der Waals surface area contributed by atoms with Crippen LogP contribution in [0, 0.1) is 5.92 Å². The van der Waals surface area contributed by atoms with Crippen molar-refractivity contribution in [3.63, 3.8) is 0 Å². The van der Waals surface area contributed by atoms with Crippen LogP contribution in [0.15, 0.2) is 36.9 Å². The number of carbonyl (C=O) groups is 4. The molecule has 1 saturated heterocycles. The van der Waals surface area contributed by atoms with E-state index in [4.69, 9.17) is 13.9 Å². The number of carbonyl (C=O) groups excluding carboxylic acids is 4. The van der Waals surface area contributed by atoms with E-state index in [0.717, 1.165) is 5.56 Å². The normalized spacial score (nSPS) is 17.0. The lowest BCUT2D eigenvalue weighted by atomic mass is 10.0. The zero-order chi connectivity index (χ0) is 34.9. The van der Waals surface area contributed by atoms with Crippen molar-refractivity contribution < 1.29 is 33.1 Å². The first-order valence-electron chi connectivity index (χ1n) is 16.2. The number of benzene rings is 1. The van der Waals surface area contributed by atoms with Crippen LogP contribution in [0.1, 0.15) is 80.2 Å². The lowest BCUT2D eigenvalue weighted by molar-refractivity contribution is -0.153. The molecule has 1 aromatic rings. The van der Waals surface area contributed by atoms with Crippen molar-refractivity contribution in [2.45, 2.75) is 123 Å². The van der Waals surface area contributed by atoms with Gasteiger partial charge < -0.3 is 24.5 Å². The molecule has 46 heavy (non-hydrogen) atoms. The maximum atomic E-state index is 14.1. The highest BCUT2D eigenvalue weighted by Gasteiger charge is 2.39. The van der Waals surface area contributed by atoms with Gasteiger partial charge in [-0.2, -0.15) is 0 Å². The topological polar surface area (TPSA) is 135 Å². The molecule has 0 spiro atoms. The van der Waals surface area contributed by atoms with Gasteiger partial charge >= 0.3 is 12.1 Å². The maximum absolute atomic E-state index is 14.1. The Bertz CT molecular complexity index is 1220. The summed E-state index contributed by atoms with van der Waals surface area (Å²) in [5, 5.41) is 6.93. The molecule has 1 aromatic carbocycles. The number of alkyl carbamates (subject to hydrolysis) is 1. The van der Waals surface area contributed by atoms with Crippen LogP contribution >= 0.6 is 0 Å². The Kier molecular flexibility index (Phi) is 13.9. The predicted molar refractivity (Wildman–Crippen MR) is 182 cm³/mol. The Labute approximate surface area is 276 Å². The van der Waals surface area contributed by atoms with Gasteiger partial charge in [-0.25, -0.2) is 10.2 Å². The molecular weight excluding hydrogens is 604 g/mol. The molecule has 0 saturated carbocycles. The number of nitrogens with one attached hydrogen (secondary N) is 3. The monoisotopic (exact) mass is 660 g/mol. The minimum atomic E-state index is -2.13. The quantitative estimate of drug-likeness (QED) is 0.113. The fraction of sp³-hybridized carbons (Fsp3) is 0.647. The van der Waals surface area contributed by atoms with E-state index >= 15 is 0 Å². The van der Waals surface area contributed by atoms with E-state index in [1.807, 2.05) is 24.3 Å². The summed E-state index contributed by atoms with van der Waals surface area (Å²) in [5.41, 5.74) is 3.05. The van der Waals surface area contributed by atoms with Crippen molar-refractivity contribution in [2.24, 2.45) is 5.92 Å². The third-order valence-electron chi connectivity index (χ3n) is 8.06. The average molecular weight is 661 g/mol. The van der Waals surface area contributed by atoms with E-state index in [1.165, 1.54) is 5.01 Å². The van der Waals surface area contributed by atoms with E-state index in [1.54, 1.807) is 40.7 Å². The van der Waals surface area contributed by atoms with E-state index < -0.39 is 55.9 Å². The molecule has 258 valence electrons. The van der Waals surface area contributed by atoms with E-state index in [2.05, 4.69) is 56.5 Å². The van der Waals surface area contributed by atoms with E-state index in [0.29, 0.717) is 31.6 Å². The third-order valence-corrected chi connectivity index (χ3v) is 12.4. The molecular formula is C34H56N4O7Si. The molecule has 3 N–H and O–H groups in total. The molecule has 12 heteroatoms. The second-order valence-corrected chi connectivity index (χ2v) is 19.4. The second-order valence-electron chi connectivity index (χ2n) is 14.7. The molecule has 11 nitrogen and oxygen atoms in total. The summed E-state index contributed by atoms with van der Waals surface area (Å²) in [5.74, 6) is -0.978. The molecule has 3 amide bonds. The molecule has 1 heterocycles. The van der Waals surface area contributed by atoms with Crippen LogP contribution in [0.4, 0.5) is 4.79 Å². The smallest absolute Gasteiger partial charge is 0.408 e. The summed E-state index contributed by atoms with van der Waals surface area (Å²) in [6, 6.07) is 4.88. The number of amides is 3. The van der Waals surface area contributed by atoms with Crippen molar-refractivity contribution in [2.75, 3.05) is 13.2 Å². The number of ether oxygens (including phenoxy) is 2. The minimum Gasteiger partial charge on any atom is -0.543 e. The number of rotatable bonds is 13. The van der Waals surface area contributed by atoms with Crippen LogP contribution in [-0.2, 0) is 30.3 Å². The van der Waals surface area contributed by atoms with Crippen molar-refractivity contribution in [3.8, 4) is 5.75 Å².